The first kappa shape index (κ1) is 20.7. The molecule has 0 saturated carbocycles. The van der Waals surface area contributed by atoms with Crippen LogP contribution in [0.4, 0.5) is 0 Å². The van der Waals surface area contributed by atoms with E-state index in [2.05, 4.69) is 16.3 Å². The molecule has 6 nitrogen and oxygen atoms in total. The maximum Gasteiger partial charge on any atom is 0.287 e. The van der Waals surface area contributed by atoms with Crippen LogP contribution in [-0.4, -0.2) is 43.1 Å². The number of benzene rings is 2. The van der Waals surface area contributed by atoms with Crippen molar-refractivity contribution in [3.8, 4) is 22.9 Å². The van der Waals surface area contributed by atoms with Crippen LogP contribution in [0, 0.1) is 11.3 Å². The number of carbonyl (C=O) groups is 1. The van der Waals surface area contributed by atoms with E-state index in [1.165, 1.54) is 6.26 Å². The van der Waals surface area contributed by atoms with E-state index in [1.54, 1.807) is 12.1 Å². The van der Waals surface area contributed by atoms with Gasteiger partial charge in [-0.05, 0) is 60.4 Å². The van der Waals surface area contributed by atoms with Crippen molar-refractivity contribution in [1.29, 1.82) is 5.26 Å². The molecule has 2 heterocycles. The van der Waals surface area contributed by atoms with Crippen molar-refractivity contribution >= 4 is 5.91 Å². The Morgan fingerprint density at radius 3 is 2.55 bits per heavy atom. The van der Waals surface area contributed by atoms with Crippen LogP contribution in [0.25, 0.3) is 11.1 Å². The molecular weight excluding hydrogens is 390 g/mol. The first-order valence-corrected chi connectivity index (χ1v) is 10.5. The molecule has 0 aliphatic carbocycles. The first-order valence-electron chi connectivity index (χ1n) is 10.5. The molecule has 31 heavy (non-hydrogen) atoms. The molecule has 2 aromatic carbocycles. The SMILES string of the molecule is N#Cc1ccc(-c2ccc(OCCCN3CC[C@@H](NC(=O)c4ccco4)C3)cc2)cc1. The molecule has 1 amide bonds. The third-order valence-electron chi connectivity index (χ3n) is 5.44. The molecule has 1 aliphatic rings. The zero-order chi connectivity index (χ0) is 21.5. The summed E-state index contributed by atoms with van der Waals surface area (Å²) in [7, 11) is 0. The van der Waals surface area contributed by atoms with Crippen LogP contribution in [0.1, 0.15) is 29.0 Å². The van der Waals surface area contributed by atoms with Crippen LogP contribution in [0.3, 0.4) is 0 Å². The summed E-state index contributed by atoms with van der Waals surface area (Å²) in [4.78, 5) is 14.4. The predicted octanol–water partition coefficient (Wildman–Crippen LogP) is 4.09. The van der Waals surface area contributed by atoms with Crippen molar-refractivity contribution in [3.63, 3.8) is 0 Å². The van der Waals surface area contributed by atoms with Crippen molar-refractivity contribution in [2.24, 2.45) is 0 Å². The van der Waals surface area contributed by atoms with E-state index in [4.69, 9.17) is 14.4 Å². The fourth-order valence-electron chi connectivity index (χ4n) is 3.78. The summed E-state index contributed by atoms with van der Waals surface area (Å²) in [6.07, 6.45) is 3.39. The van der Waals surface area contributed by atoms with Crippen molar-refractivity contribution < 1.29 is 13.9 Å². The highest BCUT2D eigenvalue weighted by molar-refractivity contribution is 5.91. The van der Waals surface area contributed by atoms with Crippen molar-refractivity contribution in [2.45, 2.75) is 18.9 Å². The molecule has 0 bridgehead atoms. The van der Waals surface area contributed by atoms with Crippen LogP contribution in [0.5, 0.6) is 5.75 Å². The Morgan fingerprint density at radius 2 is 1.87 bits per heavy atom. The van der Waals surface area contributed by atoms with E-state index in [0.29, 0.717) is 17.9 Å². The Kier molecular flexibility index (Phi) is 6.65. The lowest BCUT2D eigenvalue weighted by Crippen LogP contribution is -2.37. The summed E-state index contributed by atoms with van der Waals surface area (Å²) >= 11 is 0. The predicted molar refractivity (Wildman–Crippen MR) is 118 cm³/mol. The van der Waals surface area contributed by atoms with E-state index in [1.807, 2.05) is 48.5 Å². The van der Waals surface area contributed by atoms with Crippen LogP contribution in [0.2, 0.25) is 0 Å². The van der Waals surface area contributed by atoms with Crippen LogP contribution in [0.15, 0.2) is 71.3 Å². The van der Waals surface area contributed by atoms with E-state index in [-0.39, 0.29) is 11.9 Å². The number of furan rings is 1. The van der Waals surface area contributed by atoms with Gasteiger partial charge < -0.3 is 19.4 Å². The number of nitrogens with zero attached hydrogens (tertiary/aromatic N) is 2. The van der Waals surface area contributed by atoms with Gasteiger partial charge in [0.25, 0.3) is 5.91 Å². The monoisotopic (exact) mass is 415 g/mol. The number of rotatable bonds is 8. The van der Waals surface area contributed by atoms with Crippen molar-refractivity contribution in [3.05, 3.63) is 78.3 Å². The number of likely N-dealkylation sites (tertiary alicyclic amines) is 1. The molecule has 0 spiro atoms. The van der Waals surface area contributed by atoms with Gasteiger partial charge in [0.15, 0.2) is 5.76 Å². The van der Waals surface area contributed by atoms with E-state index >= 15 is 0 Å². The fraction of sp³-hybridized carbons (Fsp3) is 0.280. The molecule has 6 heteroatoms. The van der Waals surface area contributed by atoms with Crippen LogP contribution in [-0.2, 0) is 0 Å². The van der Waals surface area contributed by atoms with E-state index in [9.17, 15) is 4.79 Å². The zero-order valence-electron chi connectivity index (χ0n) is 17.3. The van der Waals surface area contributed by atoms with Gasteiger partial charge in [-0.1, -0.05) is 24.3 Å². The number of hydrogen-bond acceptors (Lipinski definition) is 5. The maximum atomic E-state index is 12.1. The summed E-state index contributed by atoms with van der Waals surface area (Å²) in [6, 6.07) is 21.3. The lowest BCUT2D eigenvalue weighted by atomic mass is 10.0. The molecule has 4 rings (SSSR count). The van der Waals surface area contributed by atoms with Gasteiger partial charge in [0.1, 0.15) is 5.75 Å². The highest BCUT2D eigenvalue weighted by atomic mass is 16.5. The van der Waals surface area contributed by atoms with Crippen LogP contribution >= 0.6 is 0 Å². The smallest absolute Gasteiger partial charge is 0.287 e. The zero-order valence-corrected chi connectivity index (χ0v) is 17.3. The second-order valence-corrected chi connectivity index (χ2v) is 7.65. The maximum absolute atomic E-state index is 12.1. The Hall–Kier alpha value is -3.56. The van der Waals surface area contributed by atoms with Gasteiger partial charge in [0.05, 0.1) is 24.5 Å². The molecule has 1 atom stereocenters. The Morgan fingerprint density at radius 1 is 1.13 bits per heavy atom. The number of carbonyl (C=O) groups excluding carboxylic acids is 1. The Balaban J connectivity index is 1.16. The molecule has 1 aromatic heterocycles. The quantitative estimate of drug-likeness (QED) is 0.561. The number of amides is 1. The third-order valence-corrected chi connectivity index (χ3v) is 5.44. The van der Waals surface area contributed by atoms with E-state index < -0.39 is 0 Å². The number of nitrogens with one attached hydrogen (secondary N) is 1. The summed E-state index contributed by atoms with van der Waals surface area (Å²) in [5, 5.41) is 11.9. The molecular formula is C25H25N3O3. The first-order chi connectivity index (χ1) is 15.2. The third kappa shape index (κ3) is 5.53. The molecule has 158 valence electrons. The van der Waals surface area contributed by atoms with Gasteiger partial charge in [-0.2, -0.15) is 5.26 Å². The van der Waals surface area contributed by atoms with Gasteiger partial charge in [-0.25, -0.2) is 0 Å². The minimum Gasteiger partial charge on any atom is -0.494 e. The largest absolute Gasteiger partial charge is 0.494 e. The van der Waals surface area contributed by atoms with Gasteiger partial charge in [-0.3, -0.25) is 4.79 Å². The van der Waals surface area contributed by atoms with Gasteiger partial charge in [-0.15, -0.1) is 0 Å². The second kappa shape index (κ2) is 9.96. The number of hydrogen-bond donors (Lipinski definition) is 1. The number of nitriles is 1. The Labute approximate surface area is 182 Å². The lowest BCUT2D eigenvalue weighted by molar-refractivity contribution is 0.0909. The van der Waals surface area contributed by atoms with E-state index in [0.717, 1.165) is 49.4 Å². The lowest BCUT2D eigenvalue weighted by Gasteiger charge is -2.16. The minimum atomic E-state index is -0.148. The highest BCUT2D eigenvalue weighted by Crippen LogP contribution is 2.23. The summed E-state index contributed by atoms with van der Waals surface area (Å²) in [6.45, 7) is 3.42. The fourth-order valence-corrected chi connectivity index (χ4v) is 3.78. The highest BCUT2D eigenvalue weighted by Gasteiger charge is 2.24. The molecule has 3 aromatic rings. The average molecular weight is 415 g/mol. The normalized spacial score (nSPS) is 16.0. The topological polar surface area (TPSA) is 78.5 Å². The molecule has 1 fully saturated rings. The van der Waals surface area contributed by atoms with Gasteiger partial charge >= 0.3 is 0 Å². The second-order valence-electron chi connectivity index (χ2n) is 7.65. The minimum absolute atomic E-state index is 0.148. The van der Waals surface area contributed by atoms with Crippen LogP contribution < -0.4 is 10.1 Å². The standard InChI is InChI=1S/C25H25N3O3/c26-17-19-4-6-20(7-5-19)21-8-10-23(11-9-21)30-16-2-13-28-14-12-22(18-28)27-25(29)24-3-1-15-31-24/h1,3-11,15,22H,2,12-14,16,18H2,(H,27,29)/t22-/m1/s1. The molecule has 0 radical (unpaired) electrons. The molecule has 1 aliphatic heterocycles. The van der Waals surface area contributed by atoms with Crippen molar-refractivity contribution in [1.82, 2.24) is 10.2 Å². The van der Waals surface area contributed by atoms with Crippen molar-refractivity contribution in [2.75, 3.05) is 26.2 Å². The summed E-state index contributed by atoms with van der Waals surface area (Å²) in [5.41, 5.74) is 2.83. The van der Waals surface area contributed by atoms with Gasteiger partial charge in [0.2, 0.25) is 0 Å². The Bertz CT molecular complexity index is 1020. The number of ether oxygens (including phenoxy) is 1. The summed E-state index contributed by atoms with van der Waals surface area (Å²) < 4.78 is 11.0. The van der Waals surface area contributed by atoms with Gasteiger partial charge in [0, 0.05) is 25.7 Å². The molecule has 1 saturated heterocycles. The average Bonchev–Trinajstić information content (AvgIpc) is 3.50. The molecule has 1 N–H and O–H groups in total. The summed E-state index contributed by atoms with van der Waals surface area (Å²) in [5.74, 6) is 1.06. The molecule has 0 unspecified atom stereocenters.